The van der Waals surface area contributed by atoms with E-state index in [1.165, 1.54) is 0 Å². The van der Waals surface area contributed by atoms with Crippen LogP contribution in [-0.2, 0) is 9.63 Å². The molecular weight excluding hydrogens is 316 g/mol. The molecule has 0 saturated carbocycles. The standard InChI is InChI=1S/C17H17ClN2O3/c18-14-10-8-13(9-11-14)17(19)20-23-16(21)7-4-12-22-15-5-2-1-3-6-15/h1-3,5-6,8-11H,4,7,12H2,(H2,19,20). The predicted molar refractivity (Wildman–Crippen MR) is 89.4 cm³/mol. The Morgan fingerprint density at radius 3 is 2.48 bits per heavy atom. The van der Waals surface area contributed by atoms with Gasteiger partial charge in [0.2, 0.25) is 0 Å². The van der Waals surface area contributed by atoms with Gasteiger partial charge in [-0.05, 0) is 42.8 Å². The van der Waals surface area contributed by atoms with Crippen LogP contribution in [0.2, 0.25) is 5.02 Å². The van der Waals surface area contributed by atoms with Crippen molar-refractivity contribution in [2.24, 2.45) is 10.9 Å². The Bertz CT molecular complexity index is 657. The second-order valence-corrected chi connectivity index (χ2v) is 5.15. The third-order valence-corrected chi connectivity index (χ3v) is 3.17. The number of nitrogens with two attached hydrogens (primary N) is 1. The minimum atomic E-state index is -0.460. The van der Waals surface area contributed by atoms with Crippen LogP contribution in [-0.4, -0.2) is 18.4 Å². The molecule has 2 aromatic rings. The van der Waals surface area contributed by atoms with Gasteiger partial charge in [-0.15, -0.1) is 0 Å². The van der Waals surface area contributed by atoms with Gasteiger partial charge in [0, 0.05) is 10.6 Å². The first kappa shape index (κ1) is 16.8. The molecule has 0 heterocycles. The number of oxime groups is 1. The van der Waals surface area contributed by atoms with Gasteiger partial charge in [-0.1, -0.05) is 35.0 Å². The number of amidine groups is 1. The lowest BCUT2D eigenvalue weighted by atomic mass is 10.2. The molecule has 0 amide bonds. The molecule has 0 fully saturated rings. The van der Waals surface area contributed by atoms with Crippen LogP contribution in [0.1, 0.15) is 18.4 Å². The summed E-state index contributed by atoms with van der Waals surface area (Å²) in [6, 6.07) is 16.2. The smallest absolute Gasteiger partial charge is 0.335 e. The van der Waals surface area contributed by atoms with Crippen molar-refractivity contribution in [3.05, 3.63) is 65.2 Å². The summed E-state index contributed by atoms with van der Waals surface area (Å²) < 4.78 is 5.48. The molecular formula is C17H17ClN2O3. The fraction of sp³-hybridized carbons (Fsp3) is 0.176. The van der Waals surface area contributed by atoms with E-state index in [-0.39, 0.29) is 12.3 Å². The van der Waals surface area contributed by atoms with Crippen LogP contribution >= 0.6 is 11.6 Å². The highest BCUT2D eigenvalue weighted by Crippen LogP contribution is 2.10. The van der Waals surface area contributed by atoms with E-state index in [2.05, 4.69) is 5.16 Å². The van der Waals surface area contributed by atoms with E-state index < -0.39 is 5.97 Å². The van der Waals surface area contributed by atoms with Crippen LogP contribution in [0.5, 0.6) is 5.75 Å². The molecule has 2 N–H and O–H groups in total. The maximum absolute atomic E-state index is 11.6. The molecule has 0 bridgehead atoms. The molecule has 0 saturated heterocycles. The fourth-order valence-electron chi connectivity index (χ4n) is 1.74. The summed E-state index contributed by atoms with van der Waals surface area (Å²) in [5.41, 5.74) is 6.36. The molecule has 0 aromatic heterocycles. The summed E-state index contributed by atoms with van der Waals surface area (Å²) in [4.78, 5) is 16.4. The van der Waals surface area contributed by atoms with Crippen molar-refractivity contribution in [2.45, 2.75) is 12.8 Å². The summed E-state index contributed by atoms with van der Waals surface area (Å²) in [5, 5.41) is 4.22. The summed E-state index contributed by atoms with van der Waals surface area (Å²) in [6.45, 7) is 0.426. The number of nitrogens with zero attached hydrogens (tertiary/aromatic N) is 1. The lowest BCUT2D eigenvalue weighted by molar-refractivity contribution is -0.143. The van der Waals surface area contributed by atoms with Gasteiger partial charge < -0.3 is 15.3 Å². The van der Waals surface area contributed by atoms with Gasteiger partial charge in [-0.2, -0.15) is 0 Å². The van der Waals surface area contributed by atoms with E-state index in [9.17, 15) is 4.79 Å². The number of ether oxygens (including phenoxy) is 1. The molecule has 6 heteroatoms. The molecule has 0 aliphatic heterocycles. The summed E-state index contributed by atoms with van der Waals surface area (Å²) >= 11 is 5.78. The summed E-state index contributed by atoms with van der Waals surface area (Å²) in [7, 11) is 0. The third kappa shape index (κ3) is 6.00. The van der Waals surface area contributed by atoms with Crippen LogP contribution in [0.3, 0.4) is 0 Å². The first-order valence-corrected chi connectivity index (χ1v) is 7.50. The molecule has 0 atom stereocenters. The highest BCUT2D eigenvalue weighted by atomic mass is 35.5. The van der Waals surface area contributed by atoms with Crippen molar-refractivity contribution in [1.29, 1.82) is 0 Å². The van der Waals surface area contributed by atoms with Crippen LogP contribution < -0.4 is 10.5 Å². The number of hydrogen-bond acceptors (Lipinski definition) is 4. The molecule has 23 heavy (non-hydrogen) atoms. The molecule has 2 rings (SSSR count). The van der Waals surface area contributed by atoms with Crippen molar-refractivity contribution in [1.82, 2.24) is 0 Å². The number of hydrogen-bond donors (Lipinski definition) is 1. The minimum absolute atomic E-state index is 0.121. The first-order chi connectivity index (χ1) is 11.1. The number of carbonyl (C=O) groups excluding carboxylic acids is 1. The van der Waals surface area contributed by atoms with Crippen molar-refractivity contribution in [3.8, 4) is 5.75 Å². The normalized spacial score (nSPS) is 11.1. The number of benzene rings is 2. The van der Waals surface area contributed by atoms with Gasteiger partial charge in [-0.3, -0.25) is 0 Å². The molecule has 5 nitrogen and oxygen atoms in total. The van der Waals surface area contributed by atoms with Gasteiger partial charge in [0.25, 0.3) is 0 Å². The maximum atomic E-state index is 11.6. The van der Waals surface area contributed by atoms with E-state index in [0.717, 1.165) is 5.75 Å². The molecule has 0 radical (unpaired) electrons. The molecule has 0 unspecified atom stereocenters. The van der Waals surface area contributed by atoms with Crippen LogP contribution in [0.25, 0.3) is 0 Å². The maximum Gasteiger partial charge on any atom is 0.335 e. The zero-order valence-electron chi connectivity index (χ0n) is 12.4. The fourth-order valence-corrected chi connectivity index (χ4v) is 1.87. The average Bonchev–Trinajstić information content (AvgIpc) is 2.58. The summed E-state index contributed by atoms with van der Waals surface area (Å²) in [6.07, 6.45) is 0.730. The van der Waals surface area contributed by atoms with E-state index in [1.54, 1.807) is 24.3 Å². The second kappa shape index (κ2) is 8.80. The molecule has 2 aromatic carbocycles. The molecule has 120 valence electrons. The number of carbonyl (C=O) groups is 1. The van der Waals surface area contributed by atoms with E-state index in [0.29, 0.717) is 23.6 Å². The van der Waals surface area contributed by atoms with Crippen LogP contribution in [0.15, 0.2) is 59.8 Å². The van der Waals surface area contributed by atoms with Crippen molar-refractivity contribution in [2.75, 3.05) is 6.61 Å². The Morgan fingerprint density at radius 2 is 1.78 bits per heavy atom. The van der Waals surface area contributed by atoms with Gasteiger partial charge in [0.05, 0.1) is 13.0 Å². The number of rotatable bonds is 7. The van der Waals surface area contributed by atoms with Crippen LogP contribution in [0, 0.1) is 0 Å². The lowest BCUT2D eigenvalue weighted by Gasteiger charge is -2.05. The second-order valence-electron chi connectivity index (χ2n) is 4.71. The van der Waals surface area contributed by atoms with Crippen molar-refractivity contribution >= 4 is 23.4 Å². The van der Waals surface area contributed by atoms with Crippen molar-refractivity contribution < 1.29 is 14.4 Å². The quantitative estimate of drug-likeness (QED) is 0.277. The Morgan fingerprint density at radius 1 is 1.09 bits per heavy atom. The predicted octanol–water partition coefficient (Wildman–Crippen LogP) is 3.36. The topological polar surface area (TPSA) is 73.9 Å². The molecule has 0 aliphatic carbocycles. The van der Waals surface area contributed by atoms with Gasteiger partial charge in [-0.25, -0.2) is 4.79 Å². The first-order valence-electron chi connectivity index (χ1n) is 7.12. The zero-order valence-corrected chi connectivity index (χ0v) is 13.2. The van der Waals surface area contributed by atoms with E-state index >= 15 is 0 Å². The van der Waals surface area contributed by atoms with Gasteiger partial charge >= 0.3 is 5.97 Å². The Kier molecular flexibility index (Phi) is 6.44. The summed E-state index contributed by atoms with van der Waals surface area (Å²) in [5.74, 6) is 0.431. The molecule has 0 spiro atoms. The molecule has 0 aliphatic rings. The van der Waals surface area contributed by atoms with E-state index in [1.807, 2.05) is 30.3 Å². The minimum Gasteiger partial charge on any atom is -0.494 e. The van der Waals surface area contributed by atoms with Gasteiger partial charge in [0.1, 0.15) is 5.75 Å². The van der Waals surface area contributed by atoms with Crippen LogP contribution in [0.4, 0.5) is 0 Å². The van der Waals surface area contributed by atoms with Crippen molar-refractivity contribution in [3.63, 3.8) is 0 Å². The Hall–Kier alpha value is -2.53. The number of halogens is 1. The highest BCUT2D eigenvalue weighted by molar-refractivity contribution is 6.30. The number of para-hydroxylation sites is 1. The van der Waals surface area contributed by atoms with E-state index in [4.69, 9.17) is 26.9 Å². The highest BCUT2D eigenvalue weighted by Gasteiger charge is 2.05. The average molecular weight is 333 g/mol. The Balaban J connectivity index is 1.70. The van der Waals surface area contributed by atoms with Gasteiger partial charge in [0.15, 0.2) is 5.84 Å². The Labute approximate surface area is 139 Å². The largest absolute Gasteiger partial charge is 0.494 e. The SMILES string of the molecule is N/C(=N\OC(=O)CCCOc1ccccc1)c1ccc(Cl)cc1. The monoisotopic (exact) mass is 332 g/mol. The lowest BCUT2D eigenvalue weighted by Crippen LogP contribution is -2.15. The third-order valence-electron chi connectivity index (χ3n) is 2.92. The zero-order chi connectivity index (χ0) is 16.5.